The summed E-state index contributed by atoms with van der Waals surface area (Å²) in [7, 11) is 1.63. The van der Waals surface area contributed by atoms with Crippen LogP contribution in [0.3, 0.4) is 0 Å². The Kier molecular flexibility index (Phi) is 2.61. The summed E-state index contributed by atoms with van der Waals surface area (Å²) in [5.74, 6) is 1.39. The summed E-state index contributed by atoms with van der Waals surface area (Å²) in [4.78, 5) is 4.49. The predicted octanol–water partition coefficient (Wildman–Crippen LogP) is 2.70. The molecular formula is C14H11N3O. The molecule has 88 valence electrons. The van der Waals surface area contributed by atoms with Crippen molar-refractivity contribution in [2.75, 3.05) is 7.11 Å². The van der Waals surface area contributed by atoms with Crippen LogP contribution in [0.1, 0.15) is 0 Å². The van der Waals surface area contributed by atoms with E-state index < -0.39 is 0 Å². The molecule has 1 heterocycles. The number of nitrogens with zero attached hydrogens (tertiary/aromatic N) is 3. The van der Waals surface area contributed by atoms with Crippen LogP contribution in [0.25, 0.3) is 22.4 Å². The van der Waals surface area contributed by atoms with E-state index in [0.29, 0.717) is 5.82 Å². The van der Waals surface area contributed by atoms with Crippen LogP contribution in [0, 0.1) is 0 Å². The SMILES string of the molecule is COc1ccc2nc(-c3ccccc3)nnc2c1. The molecule has 0 aliphatic rings. The van der Waals surface area contributed by atoms with Gasteiger partial charge in [0.1, 0.15) is 11.3 Å². The second-order valence-corrected chi connectivity index (χ2v) is 3.86. The van der Waals surface area contributed by atoms with Crippen LogP contribution in [-0.4, -0.2) is 22.3 Å². The Balaban J connectivity index is 2.12. The van der Waals surface area contributed by atoms with Crippen LogP contribution in [0.4, 0.5) is 0 Å². The lowest BCUT2D eigenvalue weighted by atomic mass is 10.2. The van der Waals surface area contributed by atoms with Crippen molar-refractivity contribution in [1.82, 2.24) is 15.2 Å². The molecule has 1 aromatic heterocycles. The highest BCUT2D eigenvalue weighted by Gasteiger charge is 2.04. The van der Waals surface area contributed by atoms with Crippen LogP contribution in [0.2, 0.25) is 0 Å². The minimum atomic E-state index is 0.633. The smallest absolute Gasteiger partial charge is 0.182 e. The van der Waals surface area contributed by atoms with E-state index >= 15 is 0 Å². The Hall–Kier alpha value is -2.49. The largest absolute Gasteiger partial charge is 0.497 e. The molecule has 3 rings (SSSR count). The summed E-state index contributed by atoms with van der Waals surface area (Å²) in [6.07, 6.45) is 0. The Morgan fingerprint density at radius 1 is 0.889 bits per heavy atom. The predicted molar refractivity (Wildman–Crippen MR) is 69.3 cm³/mol. The van der Waals surface area contributed by atoms with Gasteiger partial charge in [0.05, 0.1) is 12.6 Å². The van der Waals surface area contributed by atoms with Gasteiger partial charge in [0.15, 0.2) is 5.82 Å². The minimum absolute atomic E-state index is 0.633. The monoisotopic (exact) mass is 237 g/mol. The molecule has 4 nitrogen and oxygen atoms in total. The third kappa shape index (κ3) is 1.88. The molecule has 0 aliphatic heterocycles. The number of hydrogen-bond donors (Lipinski definition) is 0. The Labute approximate surface area is 104 Å². The maximum absolute atomic E-state index is 5.14. The third-order valence-corrected chi connectivity index (χ3v) is 2.69. The highest BCUT2D eigenvalue weighted by Crippen LogP contribution is 2.19. The van der Waals surface area contributed by atoms with Gasteiger partial charge in [-0.3, -0.25) is 0 Å². The van der Waals surface area contributed by atoms with Crippen LogP contribution < -0.4 is 4.74 Å². The van der Waals surface area contributed by atoms with Crippen molar-refractivity contribution < 1.29 is 4.74 Å². The average Bonchev–Trinajstić information content (AvgIpc) is 2.47. The fraction of sp³-hybridized carbons (Fsp3) is 0.0714. The van der Waals surface area contributed by atoms with Crippen molar-refractivity contribution >= 4 is 11.0 Å². The second kappa shape index (κ2) is 4.41. The number of fused-ring (bicyclic) bond motifs is 1. The van der Waals surface area contributed by atoms with Crippen LogP contribution in [0.15, 0.2) is 48.5 Å². The maximum atomic E-state index is 5.14. The third-order valence-electron chi connectivity index (χ3n) is 2.69. The summed E-state index contributed by atoms with van der Waals surface area (Å²) < 4.78 is 5.14. The lowest BCUT2D eigenvalue weighted by Gasteiger charge is -2.03. The van der Waals surface area contributed by atoms with Crippen molar-refractivity contribution in [1.29, 1.82) is 0 Å². The topological polar surface area (TPSA) is 47.9 Å². The molecule has 0 bridgehead atoms. The van der Waals surface area contributed by atoms with Crippen molar-refractivity contribution in [2.45, 2.75) is 0 Å². The molecule has 0 atom stereocenters. The molecule has 0 unspecified atom stereocenters. The first-order valence-corrected chi connectivity index (χ1v) is 5.61. The molecule has 4 heteroatoms. The van der Waals surface area contributed by atoms with E-state index in [2.05, 4.69) is 15.2 Å². The normalized spacial score (nSPS) is 10.5. The molecule has 18 heavy (non-hydrogen) atoms. The van der Waals surface area contributed by atoms with Crippen molar-refractivity contribution in [3.8, 4) is 17.1 Å². The van der Waals surface area contributed by atoms with Gasteiger partial charge in [-0.15, -0.1) is 10.2 Å². The van der Waals surface area contributed by atoms with Gasteiger partial charge in [-0.2, -0.15) is 0 Å². The van der Waals surface area contributed by atoms with Gasteiger partial charge >= 0.3 is 0 Å². The van der Waals surface area contributed by atoms with Crippen LogP contribution >= 0.6 is 0 Å². The zero-order valence-electron chi connectivity index (χ0n) is 9.87. The van der Waals surface area contributed by atoms with Crippen molar-refractivity contribution in [2.24, 2.45) is 0 Å². The molecule has 0 spiro atoms. The summed E-state index contributed by atoms with van der Waals surface area (Å²) in [5.41, 5.74) is 2.50. The quantitative estimate of drug-likeness (QED) is 0.687. The van der Waals surface area contributed by atoms with Crippen LogP contribution in [-0.2, 0) is 0 Å². The van der Waals surface area contributed by atoms with E-state index in [9.17, 15) is 0 Å². The van der Waals surface area contributed by atoms with E-state index in [0.717, 1.165) is 22.3 Å². The Morgan fingerprint density at radius 3 is 2.50 bits per heavy atom. The van der Waals surface area contributed by atoms with Gasteiger partial charge < -0.3 is 4.74 Å². The fourth-order valence-electron chi connectivity index (χ4n) is 1.75. The summed E-state index contributed by atoms with van der Waals surface area (Å²) in [6, 6.07) is 15.4. The summed E-state index contributed by atoms with van der Waals surface area (Å²) >= 11 is 0. The molecule has 0 N–H and O–H groups in total. The average molecular weight is 237 g/mol. The molecule has 0 saturated heterocycles. The summed E-state index contributed by atoms with van der Waals surface area (Å²) in [5, 5.41) is 8.31. The fourth-order valence-corrected chi connectivity index (χ4v) is 1.75. The van der Waals surface area contributed by atoms with Gasteiger partial charge in [0, 0.05) is 11.6 Å². The standard InChI is InChI=1S/C14H11N3O/c1-18-11-7-8-12-13(9-11)16-17-14(15-12)10-5-3-2-4-6-10/h2-9H,1H3. The number of methoxy groups -OCH3 is 1. The first-order valence-electron chi connectivity index (χ1n) is 5.61. The van der Waals surface area contributed by atoms with Crippen LogP contribution in [0.5, 0.6) is 5.75 Å². The van der Waals surface area contributed by atoms with E-state index in [1.54, 1.807) is 7.11 Å². The van der Waals surface area contributed by atoms with Gasteiger partial charge in [0.2, 0.25) is 0 Å². The first-order chi connectivity index (χ1) is 8.86. The number of benzene rings is 2. The maximum Gasteiger partial charge on any atom is 0.182 e. The highest BCUT2D eigenvalue weighted by atomic mass is 16.5. The molecule has 0 fully saturated rings. The van der Waals surface area contributed by atoms with E-state index in [-0.39, 0.29) is 0 Å². The second-order valence-electron chi connectivity index (χ2n) is 3.86. The van der Waals surface area contributed by atoms with E-state index in [1.165, 1.54) is 0 Å². The minimum Gasteiger partial charge on any atom is -0.497 e. The molecular weight excluding hydrogens is 226 g/mol. The van der Waals surface area contributed by atoms with Gasteiger partial charge in [0.25, 0.3) is 0 Å². The molecule has 0 aliphatic carbocycles. The molecule has 0 radical (unpaired) electrons. The summed E-state index contributed by atoms with van der Waals surface area (Å²) in [6.45, 7) is 0. The molecule has 0 amide bonds. The molecule has 3 aromatic rings. The Bertz CT molecular complexity index is 683. The number of hydrogen-bond acceptors (Lipinski definition) is 4. The molecule has 0 saturated carbocycles. The lowest BCUT2D eigenvalue weighted by Crippen LogP contribution is -1.94. The lowest BCUT2D eigenvalue weighted by molar-refractivity contribution is 0.415. The molecule has 2 aromatic carbocycles. The van der Waals surface area contributed by atoms with Gasteiger partial charge in [-0.05, 0) is 12.1 Å². The van der Waals surface area contributed by atoms with Crippen molar-refractivity contribution in [3.63, 3.8) is 0 Å². The zero-order chi connectivity index (χ0) is 12.4. The van der Waals surface area contributed by atoms with Gasteiger partial charge in [-0.25, -0.2) is 4.98 Å². The number of rotatable bonds is 2. The van der Waals surface area contributed by atoms with E-state index in [1.807, 2.05) is 48.5 Å². The number of ether oxygens (including phenoxy) is 1. The zero-order valence-corrected chi connectivity index (χ0v) is 9.87. The van der Waals surface area contributed by atoms with E-state index in [4.69, 9.17) is 4.74 Å². The highest BCUT2D eigenvalue weighted by molar-refractivity contribution is 5.77. The Morgan fingerprint density at radius 2 is 1.72 bits per heavy atom. The van der Waals surface area contributed by atoms with Gasteiger partial charge in [-0.1, -0.05) is 30.3 Å². The van der Waals surface area contributed by atoms with Crippen molar-refractivity contribution in [3.05, 3.63) is 48.5 Å². The number of aromatic nitrogens is 3. The first kappa shape index (κ1) is 10.7.